The van der Waals surface area contributed by atoms with Crippen molar-refractivity contribution in [2.45, 2.75) is 45.4 Å². The van der Waals surface area contributed by atoms with E-state index in [-0.39, 0.29) is 12.0 Å². The number of carbonyl (C=O) groups excluding carboxylic acids is 1. The fourth-order valence-corrected chi connectivity index (χ4v) is 2.64. The standard InChI is InChI=1S/C21H21F5O4/c1-3-5-6-17(21(24,25)26)30-20(27)29-16-12-11-15(18(22)19(16)23)13-7-9-14(10-8-13)28-4-2/h7-12,17H,3-6H2,1-2H3. The highest BCUT2D eigenvalue weighted by Gasteiger charge is 2.42. The molecule has 2 aromatic carbocycles. The SMILES string of the molecule is CCCCC(OC(=O)Oc1ccc(-c2ccc(OCC)cc2)c(F)c1F)C(F)(F)F. The van der Waals surface area contributed by atoms with Gasteiger partial charge >= 0.3 is 12.3 Å². The number of benzene rings is 2. The second-order valence-electron chi connectivity index (χ2n) is 6.34. The van der Waals surface area contributed by atoms with Crippen molar-refractivity contribution in [2.24, 2.45) is 0 Å². The third-order valence-corrected chi connectivity index (χ3v) is 4.14. The van der Waals surface area contributed by atoms with Crippen LogP contribution < -0.4 is 9.47 Å². The van der Waals surface area contributed by atoms with E-state index in [9.17, 15) is 26.7 Å². The summed E-state index contributed by atoms with van der Waals surface area (Å²) in [5.74, 6) is -3.16. The molecule has 0 spiro atoms. The maximum absolute atomic E-state index is 14.4. The van der Waals surface area contributed by atoms with E-state index in [0.717, 1.165) is 12.1 Å². The van der Waals surface area contributed by atoms with Crippen molar-refractivity contribution in [3.05, 3.63) is 48.0 Å². The van der Waals surface area contributed by atoms with E-state index in [1.165, 1.54) is 12.1 Å². The first-order valence-corrected chi connectivity index (χ1v) is 9.33. The number of alkyl halides is 3. The van der Waals surface area contributed by atoms with Crippen LogP contribution in [0.3, 0.4) is 0 Å². The van der Waals surface area contributed by atoms with Crippen LogP contribution in [0, 0.1) is 11.6 Å². The third-order valence-electron chi connectivity index (χ3n) is 4.14. The Balaban J connectivity index is 2.15. The molecule has 4 nitrogen and oxygen atoms in total. The molecule has 0 N–H and O–H groups in total. The Morgan fingerprint density at radius 1 is 1.00 bits per heavy atom. The molecule has 1 unspecified atom stereocenters. The molecule has 0 aliphatic heterocycles. The topological polar surface area (TPSA) is 44.8 Å². The van der Waals surface area contributed by atoms with E-state index in [4.69, 9.17) is 4.74 Å². The molecule has 9 heteroatoms. The van der Waals surface area contributed by atoms with E-state index < -0.39 is 42.2 Å². The van der Waals surface area contributed by atoms with Gasteiger partial charge in [-0.05, 0) is 49.6 Å². The molecule has 0 aliphatic rings. The van der Waals surface area contributed by atoms with Crippen molar-refractivity contribution in [1.29, 1.82) is 0 Å². The lowest BCUT2D eigenvalue weighted by atomic mass is 10.0. The van der Waals surface area contributed by atoms with Crippen LogP contribution in [0.1, 0.15) is 33.1 Å². The molecule has 0 amide bonds. The summed E-state index contributed by atoms with van der Waals surface area (Å²) >= 11 is 0. The molecule has 164 valence electrons. The van der Waals surface area contributed by atoms with Gasteiger partial charge in [-0.1, -0.05) is 25.5 Å². The predicted octanol–water partition coefficient (Wildman–Crippen LogP) is 6.67. The zero-order valence-electron chi connectivity index (χ0n) is 16.4. The van der Waals surface area contributed by atoms with Gasteiger partial charge in [0, 0.05) is 5.56 Å². The number of hydrogen-bond donors (Lipinski definition) is 0. The summed E-state index contributed by atoms with van der Waals surface area (Å²) in [6.45, 7) is 3.92. The lowest BCUT2D eigenvalue weighted by Gasteiger charge is -2.20. The van der Waals surface area contributed by atoms with Gasteiger partial charge in [-0.3, -0.25) is 0 Å². The van der Waals surface area contributed by atoms with E-state index in [1.807, 2.05) is 0 Å². The van der Waals surface area contributed by atoms with Crippen molar-refractivity contribution in [1.82, 2.24) is 0 Å². The largest absolute Gasteiger partial charge is 0.514 e. The highest BCUT2D eigenvalue weighted by molar-refractivity contribution is 5.68. The van der Waals surface area contributed by atoms with Crippen molar-refractivity contribution in [2.75, 3.05) is 6.61 Å². The molecule has 0 heterocycles. The highest BCUT2D eigenvalue weighted by atomic mass is 19.4. The molecule has 30 heavy (non-hydrogen) atoms. The fourth-order valence-electron chi connectivity index (χ4n) is 2.64. The molecular formula is C21H21F5O4. The van der Waals surface area contributed by atoms with Crippen LogP contribution in [0.15, 0.2) is 36.4 Å². The molecule has 0 fully saturated rings. The Bertz CT molecular complexity index is 850. The summed E-state index contributed by atoms with van der Waals surface area (Å²) in [5, 5.41) is 0. The lowest BCUT2D eigenvalue weighted by molar-refractivity contribution is -0.208. The van der Waals surface area contributed by atoms with Crippen molar-refractivity contribution in [3.63, 3.8) is 0 Å². The number of rotatable bonds is 8. The Hall–Kier alpha value is -2.84. The molecule has 0 aromatic heterocycles. The molecule has 0 saturated heterocycles. The Kier molecular flexibility index (Phi) is 8.02. The van der Waals surface area contributed by atoms with E-state index in [1.54, 1.807) is 26.0 Å². The van der Waals surface area contributed by atoms with Gasteiger partial charge in [0.2, 0.25) is 11.9 Å². The average Bonchev–Trinajstić information content (AvgIpc) is 2.69. The van der Waals surface area contributed by atoms with Crippen LogP contribution >= 0.6 is 0 Å². The summed E-state index contributed by atoms with van der Waals surface area (Å²) < 4.78 is 81.6. The first-order valence-electron chi connectivity index (χ1n) is 9.33. The molecule has 0 radical (unpaired) electrons. The molecule has 1 atom stereocenters. The first kappa shape index (κ1) is 23.4. The number of ether oxygens (including phenoxy) is 3. The lowest BCUT2D eigenvalue weighted by Crippen LogP contribution is -2.34. The Labute approximate surface area is 170 Å². The summed E-state index contributed by atoms with van der Waals surface area (Å²) in [7, 11) is 0. The minimum absolute atomic E-state index is 0.118. The number of halogens is 5. The normalized spacial score (nSPS) is 12.4. The van der Waals surface area contributed by atoms with E-state index >= 15 is 0 Å². The van der Waals surface area contributed by atoms with Gasteiger partial charge in [-0.15, -0.1) is 0 Å². The number of unbranched alkanes of at least 4 members (excludes halogenated alkanes) is 1. The third kappa shape index (κ3) is 6.08. The molecule has 0 aliphatic carbocycles. The molecular weight excluding hydrogens is 411 g/mol. The minimum Gasteiger partial charge on any atom is -0.494 e. The van der Waals surface area contributed by atoms with E-state index in [2.05, 4.69) is 9.47 Å². The fraction of sp³-hybridized carbons (Fsp3) is 0.381. The first-order chi connectivity index (χ1) is 14.2. The maximum atomic E-state index is 14.4. The van der Waals surface area contributed by atoms with Crippen LogP contribution in [0.25, 0.3) is 11.1 Å². The van der Waals surface area contributed by atoms with Crippen molar-refractivity contribution in [3.8, 4) is 22.6 Å². The van der Waals surface area contributed by atoms with Crippen molar-refractivity contribution < 1.29 is 41.0 Å². The number of carbonyl (C=O) groups is 1. The van der Waals surface area contributed by atoms with Gasteiger partial charge in [0.1, 0.15) is 5.75 Å². The summed E-state index contributed by atoms with van der Waals surface area (Å²) in [6, 6.07) is 8.27. The van der Waals surface area contributed by atoms with Gasteiger partial charge in [0.15, 0.2) is 11.6 Å². The quantitative estimate of drug-likeness (QED) is 0.266. The average molecular weight is 432 g/mol. The van der Waals surface area contributed by atoms with Gasteiger partial charge in [0.25, 0.3) is 0 Å². The number of hydrogen-bond acceptors (Lipinski definition) is 4. The van der Waals surface area contributed by atoms with Crippen molar-refractivity contribution >= 4 is 6.16 Å². The zero-order valence-corrected chi connectivity index (χ0v) is 16.4. The van der Waals surface area contributed by atoms with Gasteiger partial charge in [-0.2, -0.15) is 17.6 Å². The van der Waals surface area contributed by atoms with Crippen LogP contribution in [-0.4, -0.2) is 25.0 Å². The smallest absolute Gasteiger partial charge is 0.494 e. The summed E-state index contributed by atoms with van der Waals surface area (Å²) in [4.78, 5) is 11.7. The molecule has 2 rings (SSSR count). The molecule has 2 aromatic rings. The second kappa shape index (κ2) is 10.3. The van der Waals surface area contributed by atoms with E-state index in [0.29, 0.717) is 24.3 Å². The predicted molar refractivity (Wildman–Crippen MR) is 99.4 cm³/mol. The zero-order chi connectivity index (χ0) is 22.3. The van der Waals surface area contributed by atoms with Crippen LogP contribution in [-0.2, 0) is 4.74 Å². The minimum atomic E-state index is -4.80. The maximum Gasteiger partial charge on any atom is 0.514 e. The molecule has 0 saturated carbocycles. The van der Waals surface area contributed by atoms with Crippen LogP contribution in [0.5, 0.6) is 11.5 Å². The Morgan fingerprint density at radius 3 is 2.23 bits per heavy atom. The monoisotopic (exact) mass is 432 g/mol. The van der Waals surface area contributed by atoms with Gasteiger partial charge in [0.05, 0.1) is 6.61 Å². The van der Waals surface area contributed by atoms with Gasteiger partial charge < -0.3 is 14.2 Å². The Morgan fingerprint density at radius 2 is 1.67 bits per heavy atom. The van der Waals surface area contributed by atoms with Crippen LogP contribution in [0.4, 0.5) is 26.7 Å². The summed E-state index contributed by atoms with van der Waals surface area (Å²) in [6.07, 6.45) is -8.78. The second-order valence-corrected chi connectivity index (χ2v) is 6.34. The highest BCUT2D eigenvalue weighted by Crippen LogP contribution is 2.32. The van der Waals surface area contributed by atoms with Crippen LogP contribution in [0.2, 0.25) is 0 Å². The summed E-state index contributed by atoms with van der Waals surface area (Å²) in [5.41, 5.74) is 0.216. The molecule has 0 bridgehead atoms. The van der Waals surface area contributed by atoms with Gasteiger partial charge in [-0.25, -0.2) is 9.18 Å².